The number of nitrogens with zero attached hydrogens (tertiary/aromatic N) is 1. The zero-order valence-electron chi connectivity index (χ0n) is 11.4. The fraction of sp³-hybridized carbons (Fsp3) is 0.250. The van der Waals surface area contributed by atoms with E-state index in [2.05, 4.69) is 16.4 Å². The lowest BCUT2D eigenvalue weighted by molar-refractivity contribution is 0.0697. The Labute approximate surface area is 127 Å². The summed E-state index contributed by atoms with van der Waals surface area (Å²) >= 11 is 5.89. The van der Waals surface area contributed by atoms with Gasteiger partial charge in [0, 0.05) is 5.69 Å². The first-order valence-corrected chi connectivity index (χ1v) is 7.30. The number of aryl methyl sites for hydroxylation is 1. The van der Waals surface area contributed by atoms with E-state index in [0.29, 0.717) is 0 Å². The van der Waals surface area contributed by atoms with E-state index in [1.54, 1.807) is 0 Å². The van der Waals surface area contributed by atoms with E-state index >= 15 is 0 Å². The molecule has 21 heavy (non-hydrogen) atoms. The number of nitrogens with one attached hydrogen (secondary N) is 1. The third-order valence-corrected chi connectivity index (χ3v) is 3.95. The molecule has 0 saturated heterocycles. The molecule has 1 heterocycles. The molecule has 2 aromatic rings. The summed E-state index contributed by atoms with van der Waals surface area (Å²) in [5.74, 6) is -0.736. The predicted octanol–water partition coefficient (Wildman–Crippen LogP) is 4.06. The van der Waals surface area contributed by atoms with Gasteiger partial charge in [-0.2, -0.15) is 0 Å². The van der Waals surface area contributed by atoms with Crippen molar-refractivity contribution in [2.45, 2.75) is 25.7 Å². The summed E-state index contributed by atoms with van der Waals surface area (Å²) in [4.78, 5) is 15.4. The summed E-state index contributed by atoms with van der Waals surface area (Å²) in [6.45, 7) is 0. The van der Waals surface area contributed by atoms with Crippen molar-refractivity contribution < 1.29 is 9.90 Å². The summed E-state index contributed by atoms with van der Waals surface area (Å²) in [6.07, 6.45) is 4.42. The smallest absolute Gasteiger partial charge is 0.339 e. The first kappa shape index (κ1) is 13.9. The van der Waals surface area contributed by atoms with E-state index in [1.165, 1.54) is 29.7 Å². The van der Waals surface area contributed by atoms with Crippen LogP contribution < -0.4 is 5.32 Å². The Balaban J connectivity index is 2.01. The molecule has 3 rings (SSSR count). The van der Waals surface area contributed by atoms with Gasteiger partial charge >= 0.3 is 5.97 Å². The maximum atomic E-state index is 11.3. The van der Waals surface area contributed by atoms with E-state index in [-0.39, 0.29) is 16.5 Å². The highest BCUT2D eigenvalue weighted by Gasteiger charge is 2.16. The molecule has 0 unspecified atom stereocenters. The molecule has 1 aliphatic carbocycles. The zero-order chi connectivity index (χ0) is 14.8. The number of rotatable bonds is 3. The lowest BCUT2D eigenvalue weighted by Gasteiger charge is -2.20. The number of halogens is 1. The number of fused-ring (bicyclic) bond motifs is 1. The van der Waals surface area contributed by atoms with Crippen LogP contribution in [0.2, 0.25) is 5.15 Å². The van der Waals surface area contributed by atoms with Crippen LogP contribution in [-0.2, 0) is 12.8 Å². The summed E-state index contributed by atoms with van der Waals surface area (Å²) in [6, 6.07) is 9.02. The van der Waals surface area contributed by atoms with Crippen LogP contribution in [0.15, 0.2) is 30.3 Å². The summed E-state index contributed by atoms with van der Waals surface area (Å²) < 4.78 is 0. The molecule has 0 bridgehead atoms. The van der Waals surface area contributed by atoms with Crippen molar-refractivity contribution in [2.24, 2.45) is 0 Å². The number of aromatic carboxylic acids is 1. The first-order valence-electron chi connectivity index (χ1n) is 6.93. The van der Waals surface area contributed by atoms with Crippen LogP contribution in [0.4, 0.5) is 11.5 Å². The third kappa shape index (κ3) is 2.85. The van der Waals surface area contributed by atoms with Crippen LogP contribution >= 0.6 is 11.6 Å². The number of carboxylic acid groups (broad SMARTS) is 1. The molecule has 1 aliphatic rings. The second kappa shape index (κ2) is 5.74. The first-order chi connectivity index (χ1) is 10.1. The van der Waals surface area contributed by atoms with E-state index in [1.807, 2.05) is 12.1 Å². The van der Waals surface area contributed by atoms with Gasteiger partial charge in [0.1, 0.15) is 16.5 Å². The molecule has 0 atom stereocenters. The van der Waals surface area contributed by atoms with E-state index in [0.717, 1.165) is 24.9 Å². The highest BCUT2D eigenvalue weighted by atomic mass is 35.5. The highest BCUT2D eigenvalue weighted by Crippen LogP contribution is 2.30. The van der Waals surface area contributed by atoms with Gasteiger partial charge in [0.05, 0.1) is 0 Å². The Morgan fingerprint density at radius 1 is 1.19 bits per heavy atom. The average molecular weight is 303 g/mol. The van der Waals surface area contributed by atoms with Crippen molar-refractivity contribution in [3.8, 4) is 0 Å². The molecule has 0 spiro atoms. The van der Waals surface area contributed by atoms with Gasteiger partial charge in [-0.1, -0.05) is 23.7 Å². The minimum absolute atomic E-state index is 0.118. The lowest BCUT2D eigenvalue weighted by Crippen LogP contribution is -2.09. The third-order valence-electron chi connectivity index (χ3n) is 3.74. The van der Waals surface area contributed by atoms with Crippen molar-refractivity contribution >= 4 is 29.1 Å². The van der Waals surface area contributed by atoms with Crippen LogP contribution in [0, 0.1) is 0 Å². The monoisotopic (exact) mass is 302 g/mol. The van der Waals surface area contributed by atoms with Crippen LogP contribution in [0.25, 0.3) is 0 Å². The maximum absolute atomic E-state index is 11.3. The van der Waals surface area contributed by atoms with Gasteiger partial charge in [0.2, 0.25) is 0 Å². The zero-order valence-corrected chi connectivity index (χ0v) is 12.2. The number of aromatic nitrogens is 1. The second-order valence-corrected chi connectivity index (χ2v) is 5.50. The minimum Gasteiger partial charge on any atom is -0.478 e. The molecule has 4 nitrogen and oxygen atoms in total. The number of anilines is 2. The Bertz CT molecular complexity index is 701. The van der Waals surface area contributed by atoms with Crippen LogP contribution in [0.5, 0.6) is 0 Å². The number of carboxylic acids is 1. The Kier molecular flexibility index (Phi) is 3.80. The molecule has 1 aromatic carbocycles. The molecule has 0 aliphatic heterocycles. The molecular weight excluding hydrogens is 288 g/mol. The molecular formula is C16H15ClN2O2. The van der Waals surface area contributed by atoms with Gasteiger partial charge in [-0.15, -0.1) is 0 Å². The van der Waals surface area contributed by atoms with Gasteiger partial charge in [0.15, 0.2) is 0 Å². The van der Waals surface area contributed by atoms with Crippen molar-refractivity contribution in [3.05, 3.63) is 52.2 Å². The molecule has 5 heteroatoms. The molecule has 0 amide bonds. The van der Waals surface area contributed by atoms with Crippen LogP contribution in [0.1, 0.15) is 34.3 Å². The molecule has 108 valence electrons. The van der Waals surface area contributed by atoms with Gasteiger partial charge in [-0.05, 0) is 55.0 Å². The molecule has 0 fully saturated rings. The quantitative estimate of drug-likeness (QED) is 0.839. The number of hydrogen-bond donors (Lipinski definition) is 2. The number of benzene rings is 1. The lowest BCUT2D eigenvalue weighted by atomic mass is 9.90. The topological polar surface area (TPSA) is 62.2 Å². The van der Waals surface area contributed by atoms with Gasteiger partial charge in [0.25, 0.3) is 0 Å². The summed E-state index contributed by atoms with van der Waals surface area (Å²) in [5, 5.41) is 12.7. The molecule has 1 aromatic heterocycles. The van der Waals surface area contributed by atoms with Gasteiger partial charge in [-0.3, -0.25) is 0 Å². The van der Waals surface area contributed by atoms with Crippen molar-refractivity contribution in [3.63, 3.8) is 0 Å². The number of hydrogen-bond acceptors (Lipinski definition) is 3. The van der Waals surface area contributed by atoms with Gasteiger partial charge < -0.3 is 10.4 Å². The number of carbonyl (C=O) groups is 1. The van der Waals surface area contributed by atoms with Crippen LogP contribution in [0.3, 0.4) is 0 Å². The van der Waals surface area contributed by atoms with E-state index in [9.17, 15) is 9.90 Å². The standard InChI is InChI=1S/C16H15ClN2O2/c17-14-9-8-12(16(20)21)15(19-14)18-13-7-3-5-10-4-1-2-6-11(10)13/h3,5,7-9H,1-2,4,6H2,(H,18,19)(H,20,21). The molecule has 0 radical (unpaired) electrons. The Morgan fingerprint density at radius 2 is 2.00 bits per heavy atom. The fourth-order valence-electron chi connectivity index (χ4n) is 2.73. The highest BCUT2D eigenvalue weighted by molar-refractivity contribution is 6.29. The molecule has 2 N–H and O–H groups in total. The predicted molar refractivity (Wildman–Crippen MR) is 82.6 cm³/mol. The summed E-state index contributed by atoms with van der Waals surface area (Å²) in [5.41, 5.74) is 3.62. The van der Waals surface area contributed by atoms with E-state index < -0.39 is 5.97 Å². The fourth-order valence-corrected chi connectivity index (χ4v) is 2.88. The van der Waals surface area contributed by atoms with Crippen molar-refractivity contribution in [1.29, 1.82) is 0 Å². The average Bonchev–Trinajstić information content (AvgIpc) is 2.47. The Morgan fingerprint density at radius 3 is 2.81 bits per heavy atom. The normalized spacial score (nSPS) is 13.6. The SMILES string of the molecule is O=C(O)c1ccc(Cl)nc1Nc1cccc2c1CCCC2. The van der Waals surface area contributed by atoms with Crippen molar-refractivity contribution in [1.82, 2.24) is 4.98 Å². The molecule has 0 saturated carbocycles. The summed E-state index contributed by atoms with van der Waals surface area (Å²) in [7, 11) is 0. The number of pyridine rings is 1. The second-order valence-electron chi connectivity index (χ2n) is 5.11. The maximum Gasteiger partial charge on any atom is 0.339 e. The minimum atomic E-state index is -1.02. The van der Waals surface area contributed by atoms with Gasteiger partial charge in [-0.25, -0.2) is 9.78 Å². The Hall–Kier alpha value is -2.07. The van der Waals surface area contributed by atoms with E-state index in [4.69, 9.17) is 11.6 Å². The van der Waals surface area contributed by atoms with Crippen LogP contribution in [-0.4, -0.2) is 16.1 Å². The largest absolute Gasteiger partial charge is 0.478 e. The van der Waals surface area contributed by atoms with Crippen molar-refractivity contribution in [2.75, 3.05) is 5.32 Å².